The van der Waals surface area contributed by atoms with Gasteiger partial charge in [-0.1, -0.05) is 30.6 Å². The topological polar surface area (TPSA) is 24.8 Å². The molecule has 3 nitrogen and oxygen atoms in total. The van der Waals surface area contributed by atoms with Crippen LogP contribution in [0.1, 0.15) is 18.7 Å². The van der Waals surface area contributed by atoms with Gasteiger partial charge in [-0.25, -0.2) is 0 Å². The largest absolute Gasteiger partial charge is 0.394 e. The zero-order valence-electron chi connectivity index (χ0n) is 9.65. The first-order valence-corrected chi connectivity index (χ1v) is 6.58. The highest BCUT2D eigenvalue weighted by molar-refractivity contribution is 7.17. The molecule has 1 heterocycles. The molecular formula is C11H17ClN2OS. The van der Waals surface area contributed by atoms with Crippen LogP contribution in [0.5, 0.6) is 0 Å². The first-order valence-electron chi connectivity index (χ1n) is 5.39. The smallest absolute Gasteiger partial charge is 0.129 e. The fourth-order valence-corrected chi connectivity index (χ4v) is 2.17. The molecule has 0 N–H and O–H groups in total. The summed E-state index contributed by atoms with van der Waals surface area (Å²) in [7, 11) is 0. The monoisotopic (exact) mass is 260 g/mol. The zero-order valence-corrected chi connectivity index (χ0v) is 11.2. The molecule has 16 heavy (non-hydrogen) atoms. The summed E-state index contributed by atoms with van der Waals surface area (Å²) in [6, 6.07) is 3.77. The van der Waals surface area contributed by atoms with Gasteiger partial charge in [0.15, 0.2) is 0 Å². The summed E-state index contributed by atoms with van der Waals surface area (Å²) in [5.74, 6) is 0. The number of thiophene rings is 1. The van der Waals surface area contributed by atoms with Crippen molar-refractivity contribution in [3.05, 3.63) is 21.3 Å². The maximum absolute atomic E-state index is 5.79. The summed E-state index contributed by atoms with van der Waals surface area (Å²) >= 11 is 7.28. The average molecular weight is 261 g/mol. The number of hydrogen-bond donors (Lipinski definition) is 0. The molecule has 0 aliphatic carbocycles. The molecule has 0 radical (unpaired) electrons. The van der Waals surface area contributed by atoms with E-state index in [-0.39, 0.29) is 0 Å². The van der Waals surface area contributed by atoms with Crippen molar-refractivity contribution in [1.82, 2.24) is 4.90 Å². The Kier molecular flexibility index (Phi) is 6.45. The molecule has 0 unspecified atom stereocenters. The van der Waals surface area contributed by atoms with Crippen molar-refractivity contribution >= 4 is 29.2 Å². The highest BCUT2D eigenvalue weighted by Gasteiger charge is 1.97. The Morgan fingerprint density at radius 2 is 2.19 bits per heavy atom. The number of likely N-dealkylation sites (N-methyl/N-ethyl adjacent to an activating group) is 1. The number of nitrogens with zero attached hydrogens (tertiary/aromatic N) is 2. The van der Waals surface area contributed by atoms with E-state index in [0.29, 0.717) is 6.61 Å². The Balaban J connectivity index is 2.18. The second-order valence-electron chi connectivity index (χ2n) is 3.24. The molecule has 0 fully saturated rings. The first-order chi connectivity index (χ1) is 7.76. The third kappa shape index (κ3) is 4.96. The average Bonchev–Trinajstić information content (AvgIpc) is 2.70. The van der Waals surface area contributed by atoms with Crippen LogP contribution in [0.25, 0.3) is 0 Å². The molecule has 0 saturated heterocycles. The second kappa shape index (κ2) is 7.65. The van der Waals surface area contributed by atoms with Crippen LogP contribution in [0.4, 0.5) is 0 Å². The maximum atomic E-state index is 5.79. The summed E-state index contributed by atoms with van der Waals surface area (Å²) in [6.45, 7) is 7.90. The van der Waals surface area contributed by atoms with Gasteiger partial charge >= 0.3 is 0 Å². The van der Waals surface area contributed by atoms with E-state index < -0.39 is 0 Å². The summed E-state index contributed by atoms with van der Waals surface area (Å²) in [5, 5.41) is 3.90. The van der Waals surface area contributed by atoms with E-state index in [1.165, 1.54) is 11.3 Å². The lowest BCUT2D eigenvalue weighted by Crippen LogP contribution is -2.26. The predicted octanol–water partition coefficient (Wildman–Crippen LogP) is 3.09. The van der Waals surface area contributed by atoms with Crippen LogP contribution >= 0.6 is 22.9 Å². The van der Waals surface area contributed by atoms with Crippen molar-refractivity contribution in [3.8, 4) is 0 Å². The molecule has 0 atom stereocenters. The Morgan fingerprint density at radius 1 is 1.44 bits per heavy atom. The molecule has 0 spiro atoms. The third-order valence-corrected chi connectivity index (χ3v) is 3.41. The second-order valence-corrected chi connectivity index (χ2v) is 4.98. The van der Waals surface area contributed by atoms with E-state index in [4.69, 9.17) is 16.4 Å². The molecule has 0 bridgehead atoms. The lowest BCUT2D eigenvalue weighted by molar-refractivity contribution is 0.115. The van der Waals surface area contributed by atoms with E-state index >= 15 is 0 Å². The molecule has 1 aromatic rings. The molecule has 1 rings (SSSR count). The Bertz CT molecular complexity index is 324. The highest BCUT2D eigenvalue weighted by Crippen LogP contribution is 2.19. The third-order valence-electron chi connectivity index (χ3n) is 2.24. The highest BCUT2D eigenvalue weighted by atomic mass is 35.5. The van der Waals surface area contributed by atoms with Gasteiger partial charge < -0.3 is 9.74 Å². The zero-order chi connectivity index (χ0) is 11.8. The van der Waals surface area contributed by atoms with Crippen LogP contribution in [-0.4, -0.2) is 37.4 Å². The molecule has 5 heteroatoms. The van der Waals surface area contributed by atoms with Crippen molar-refractivity contribution in [2.75, 3.05) is 26.2 Å². The molecule has 90 valence electrons. The molecule has 0 aromatic carbocycles. The summed E-state index contributed by atoms with van der Waals surface area (Å²) in [5.41, 5.74) is 0. The van der Waals surface area contributed by atoms with Crippen LogP contribution in [0.2, 0.25) is 4.34 Å². The minimum absolute atomic E-state index is 0.622. The summed E-state index contributed by atoms with van der Waals surface area (Å²) < 4.78 is 0.768. The Hall–Kier alpha value is -0.580. The van der Waals surface area contributed by atoms with Crippen LogP contribution in [-0.2, 0) is 4.84 Å². The van der Waals surface area contributed by atoms with Gasteiger partial charge in [0, 0.05) is 6.54 Å². The van der Waals surface area contributed by atoms with E-state index in [2.05, 4.69) is 23.9 Å². The van der Waals surface area contributed by atoms with Gasteiger partial charge in [-0.3, -0.25) is 0 Å². The summed E-state index contributed by atoms with van der Waals surface area (Å²) in [4.78, 5) is 8.47. The van der Waals surface area contributed by atoms with Gasteiger partial charge in [-0.15, -0.1) is 11.3 Å². The van der Waals surface area contributed by atoms with Crippen LogP contribution in [0.3, 0.4) is 0 Å². The lowest BCUT2D eigenvalue weighted by Gasteiger charge is -2.16. The SMILES string of the molecule is CCN(CC)CCON=Cc1ccc(Cl)s1. The van der Waals surface area contributed by atoms with Gasteiger partial charge in [0.25, 0.3) is 0 Å². The number of rotatable bonds is 7. The van der Waals surface area contributed by atoms with Gasteiger partial charge in [0.1, 0.15) is 6.61 Å². The molecule has 0 amide bonds. The van der Waals surface area contributed by atoms with Crippen molar-refractivity contribution in [3.63, 3.8) is 0 Å². The van der Waals surface area contributed by atoms with E-state index in [1.807, 2.05) is 12.1 Å². The molecule has 0 aliphatic heterocycles. The number of oxime groups is 1. The maximum Gasteiger partial charge on any atom is 0.129 e. The standard InChI is InChI=1S/C11H17ClN2OS/c1-3-14(4-2)7-8-15-13-9-10-5-6-11(12)16-10/h5-6,9H,3-4,7-8H2,1-2H3. The van der Waals surface area contributed by atoms with Crippen LogP contribution < -0.4 is 0 Å². The Morgan fingerprint density at radius 3 is 2.75 bits per heavy atom. The first kappa shape index (κ1) is 13.5. The van der Waals surface area contributed by atoms with Gasteiger partial charge in [-0.05, 0) is 25.2 Å². The van der Waals surface area contributed by atoms with Crippen molar-refractivity contribution in [2.24, 2.45) is 5.16 Å². The van der Waals surface area contributed by atoms with E-state index in [1.54, 1.807) is 6.21 Å². The van der Waals surface area contributed by atoms with Crippen molar-refractivity contribution < 1.29 is 4.84 Å². The molecule has 0 saturated carbocycles. The summed E-state index contributed by atoms with van der Waals surface area (Å²) in [6.07, 6.45) is 1.69. The minimum Gasteiger partial charge on any atom is -0.394 e. The molecule has 0 aliphatic rings. The fourth-order valence-electron chi connectivity index (χ4n) is 1.25. The number of hydrogen-bond acceptors (Lipinski definition) is 4. The molecular weight excluding hydrogens is 244 g/mol. The number of halogens is 1. The van der Waals surface area contributed by atoms with Crippen molar-refractivity contribution in [1.29, 1.82) is 0 Å². The van der Waals surface area contributed by atoms with Crippen LogP contribution in [0.15, 0.2) is 17.3 Å². The van der Waals surface area contributed by atoms with Gasteiger partial charge in [-0.2, -0.15) is 0 Å². The Labute approximate surface area is 106 Å². The normalized spacial score (nSPS) is 11.5. The van der Waals surface area contributed by atoms with Gasteiger partial charge in [0.2, 0.25) is 0 Å². The quantitative estimate of drug-likeness (QED) is 0.428. The van der Waals surface area contributed by atoms with Gasteiger partial charge in [0.05, 0.1) is 15.4 Å². The minimum atomic E-state index is 0.622. The lowest BCUT2D eigenvalue weighted by atomic mass is 10.5. The van der Waals surface area contributed by atoms with E-state index in [0.717, 1.165) is 28.8 Å². The van der Waals surface area contributed by atoms with E-state index in [9.17, 15) is 0 Å². The fraction of sp³-hybridized carbons (Fsp3) is 0.545. The molecule has 1 aromatic heterocycles. The van der Waals surface area contributed by atoms with Crippen LogP contribution in [0, 0.1) is 0 Å². The predicted molar refractivity (Wildman–Crippen MR) is 70.7 cm³/mol. The van der Waals surface area contributed by atoms with Crippen molar-refractivity contribution in [2.45, 2.75) is 13.8 Å².